The smallest absolute Gasteiger partial charge is 0.280 e. The third-order valence-electron chi connectivity index (χ3n) is 4.74. The summed E-state index contributed by atoms with van der Waals surface area (Å²) in [6.07, 6.45) is 0. The Morgan fingerprint density at radius 3 is 2.69 bits per heavy atom. The Kier molecular flexibility index (Phi) is 5.02. The molecule has 1 N–H and O–H groups in total. The van der Waals surface area contributed by atoms with Crippen molar-refractivity contribution in [3.05, 3.63) is 58.9 Å². The number of amides is 2. The first kappa shape index (κ1) is 19.4. The zero-order valence-corrected chi connectivity index (χ0v) is 17.4. The second-order valence-corrected chi connectivity index (χ2v) is 7.95. The number of hydrogen-bond acceptors (Lipinski definition) is 5. The number of halogens is 1. The zero-order chi connectivity index (χ0) is 20.6. The van der Waals surface area contributed by atoms with Crippen molar-refractivity contribution in [3.8, 4) is 17.0 Å². The molecule has 1 aliphatic heterocycles. The van der Waals surface area contributed by atoms with Crippen molar-refractivity contribution >= 4 is 45.6 Å². The molecule has 8 heteroatoms. The number of carbonyl (C=O) groups excluding carboxylic acids is 2. The lowest BCUT2D eigenvalue weighted by atomic mass is 10.00. The van der Waals surface area contributed by atoms with E-state index in [-0.39, 0.29) is 0 Å². The van der Waals surface area contributed by atoms with Gasteiger partial charge in [0.25, 0.3) is 17.4 Å². The van der Waals surface area contributed by atoms with E-state index in [9.17, 15) is 9.59 Å². The van der Waals surface area contributed by atoms with Crippen LogP contribution in [0.1, 0.15) is 13.8 Å². The molecule has 4 rings (SSSR count). The highest BCUT2D eigenvalue weighted by atomic mass is 35.5. The summed E-state index contributed by atoms with van der Waals surface area (Å²) in [5.74, 6) is -0.481. The molecule has 0 fully saturated rings. The van der Waals surface area contributed by atoms with Crippen molar-refractivity contribution < 1.29 is 14.3 Å². The van der Waals surface area contributed by atoms with E-state index in [0.29, 0.717) is 33.8 Å². The molecule has 0 spiro atoms. The number of rotatable bonds is 4. The number of carbonyl (C=O) groups is 2. The van der Waals surface area contributed by atoms with Crippen molar-refractivity contribution in [2.24, 2.45) is 0 Å². The summed E-state index contributed by atoms with van der Waals surface area (Å²) in [6.45, 7) is 3.77. The highest BCUT2D eigenvalue weighted by Crippen LogP contribution is 2.38. The van der Waals surface area contributed by atoms with Gasteiger partial charge in [-0.15, -0.1) is 11.3 Å². The number of nitrogens with one attached hydrogen (secondary N) is 1. The van der Waals surface area contributed by atoms with Crippen LogP contribution in [0.3, 0.4) is 0 Å². The SMILES string of the molecule is CCN1C(=O)C(C)(C(=O)Nc2nc(-c3ccc(Cl)cc3)cs2)Oc2ccccc21. The van der Waals surface area contributed by atoms with Crippen molar-refractivity contribution in [1.29, 1.82) is 0 Å². The molecule has 0 aliphatic carbocycles. The van der Waals surface area contributed by atoms with Crippen LogP contribution < -0.4 is 15.0 Å². The van der Waals surface area contributed by atoms with E-state index >= 15 is 0 Å². The Balaban J connectivity index is 1.58. The van der Waals surface area contributed by atoms with Crippen LogP contribution in [0, 0.1) is 0 Å². The first-order valence-electron chi connectivity index (χ1n) is 9.05. The van der Waals surface area contributed by atoms with Crippen molar-refractivity contribution in [2.75, 3.05) is 16.8 Å². The molecule has 0 bridgehead atoms. The number of likely N-dealkylation sites (N-methyl/N-ethyl adjacent to an activating group) is 1. The fourth-order valence-electron chi connectivity index (χ4n) is 3.16. The lowest BCUT2D eigenvalue weighted by Crippen LogP contribution is -2.60. The van der Waals surface area contributed by atoms with Crippen LogP contribution in [0.25, 0.3) is 11.3 Å². The average molecular weight is 428 g/mol. The van der Waals surface area contributed by atoms with Gasteiger partial charge in [-0.25, -0.2) is 4.98 Å². The van der Waals surface area contributed by atoms with Crippen LogP contribution in [-0.2, 0) is 9.59 Å². The minimum atomic E-state index is -1.68. The summed E-state index contributed by atoms with van der Waals surface area (Å²) in [5.41, 5.74) is 0.567. The maximum Gasteiger partial charge on any atom is 0.280 e. The van der Waals surface area contributed by atoms with Gasteiger partial charge in [-0.2, -0.15) is 0 Å². The number of nitrogens with zero attached hydrogens (tertiary/aromatic N) is 2. The largest absolute Gasteiger partial charge is 0.465 e. The van der Waals surface area contributed by atoms with Gasteiger partial charge < -0.3 is 9.64 Å². The predicted molar refractivity (Wildman–Crippen MR) is 115 cm³/mol. The van der Waals surface area contributed by atoms with Gasteiger partial charge in [0.05, 0.1) is 11.4 Å². The van der Waals surface area contributed by atoms with E-state index in [4.69, 9.17) is 16.3 Å². The van der Waals surface area contributed by atoms with Gasteiger partial charge in [0.15, 0.2) is 5.13 Å². The topological polar surface area (TPSA) is 71.5 Å². The van der Waals surface area contributed by atoms with E-state index in [1.807, 2.05) is 30.5 Å². The standard InChI is InChI=1S/C21H18ClN3O3S/c1-3-25-16-6-4-5-7-17(16)28-21(2,19(25)27)18(26)24-20-23-15(12-29-20)13-8-10-14(22)11-9-13/h4-12H,3H2,1-2H3,(H,23,24,26). The van der Waals surface area contributed by atoms with Gasteiger partial charge in [-0.1, -0.05) is 35.9 Å². The van der Waals surface area contributed by atoms with Gasteiger partial charge in [-0.3, -0.25) is 14.9 Å². The van der Waals surface area contributed by atoms with E-state index in [1.54, 1.807) is 35.2 Å². The minimum absolute atomic E-state index is 0.388. The van der Waals surface area contributed by atoms with Crippen LogP contribution in [0.4, 0.5) is 10.8 Å². The van der Waals surface area contributed by atoms with Gasteiger partial charge >= 0.3 is 0 Å². The lowest BCUT2D eigenvalue weighted by Gasteiger charge is -2.38. The molecule has 0 saturated heterocycles. The van der Waals surface area contributed by atoms with E-state index in [2.05, 4.69) is 10.3 Å². The molecule has 29 heavy (non-hydrogen) atoms. The summed E-state index contributed by atoms with van der Waals surface area (Å²) < 4.78 is 5.86. The summed E-state index contributed by atoms with van der Waals surface area (Å²) >= 11 is 7.20. The normalized spacial score (nSPS) is 18.2. The van der Waals surface area contributed by atoms with Crippen LogP contribution in [0.5, 0.6) is 5.75 Å². The molecule has 0 saturated carbocycles. The molecule has 2 amide bonds. The molecule has 2 heterocycles. The second-order valence-electron chi connectivity index (χ2n) is 6.65. The van der Waals surface area contributed by atoms with Crippen molar-refractivity contribution in [2.45, 2.75) is 19.4 Å². The summed E-state index contributed by atoms with van der Waals surface area (Å²) in [5, 5.41) is 5.59. The number of aromatic nitrogens is 1. The minimum Gasteiger partial charge on any atom is -0.465 e. The third kappa shape index (κ3) is 3.47. The zero-order valence-electron chi connectivity index (χ0n) is 15.8. The number of fused-ring (bicyclic) bond motifs is 1. The molecule has 1 atom stereocenters. The molecule has 1 unspecified atom stereocenters. The quantitative estimate of drug-likeness (QED) is 0.617. The van der Waals surface area contributed by atoms with Crippen LogP contribution in [0.15, 0.2) is 53.9 Å². The molecule has 2 aromatic carbocycles. The van der Waals surface area contributed by atoms with E-state index in [1.165, 1.54) is 18.3 Å². The van der Waals surface area contributed by atoms with Crippen LogP contribution in [0.2, 0.25) is 5.02 Å². The number of thiazole rings is 1. The molecule has 0 radical (unpaired) electrons. The number of benzene rings is 2. The number of anilines is 2. The number of para-hydroxylation sites is 2. The average Bonchev–Trinajstić information content (AvgIpc) is 3.18. The predicted octanol–water partition coefficient (Wildman–Crippen LogP) is 4.61. The summed E-state index contributed by atoms with van der Waals surface area (Å²) in [7, 11) is 0. The Bertz CT molecular complexity index is 1080. The molecular formula is C21H18ClN3O3S. The summed E-state index contributed by atoms with van der Waals surface area (Å²) in [4.78, 5) is 32.1. The molecule has 3 aromatic rings. The van der Waals surface area contributed by atoms with E-state index < -0.39 is 17.4 Å². The van der Waals surface area contributed by atoms with Crippen molar-refractivity contribution in [3.63, 3.8) is 0 Å². The molecule has 148 valence electrons. The first-order chi connectivity index (χ1) is 13.9. The van der Waals surface area contributed by atoms with Crippen LogP contribution in [-0.4, -0.2) is 28.9 Å². The van der Waals surface area contributed by atoms with Crippen molar-refractivity contribution in [1.82, 2.24) is 4.98 Å². The monoisotopic (exact) mass is 427 g/mol. The highest BCUT2D eigenvalue weighted by molar-refractivity contribution is 7.14. The number of hydrogen-bond donors (Lipinski definition) is 1. The molecule has 1 aromatic heterocycles. The summed E-state index contributed by atoms with van der Waals surface area (Å²) in [6, 6.07) is 14.4. The van der Waals surface area contributed by atoms with Crippen LogP contribution >= 0.6 is 22.9 Å². The lowest BCUT2D eigenvalue weighted by molar-refractivity contribution is -0.145. The highest BCUT2D eigenvalue weighted by Gasteiger charge is 2.50. The number of ether oxygens (including phenoxy) is 1. The maximum absolute atomic E-state index is 13.0. The molecule has 6 nitrogen and oxygen atoms in total. The Morgan fingerprint density at radius 2 is 1.97 bits per heavy atom. The second kappa shape index (κ2) is 7.50. The van der Waals surface area contributed by atoms with Gasteiger partial charge in [-0.05, 0) is 38.1 Å². The van der Waals surface area contributed by atoms with Gasteiger partial charge in [0.2, 0.25) is 0 Å². The third-order valence-corrected chi connectivity index (χ3v) is 5.75. The van der Waals surface area contributed by atoms with E-state index in [0.717, 1.165) is 5.56 Å². The Morgan fingerprint density at radius 1 is 1.24 bits per heavy atom. The Hall–Kier alpha value is -2.90. The van der Waals surface area contributed by atoms with Gasteiger partial charge in [0.1, 0.15) is 5.75 Å². The molecular weight excluding hydrogens is 410 g/mol. The fourth-order valence-corrected chi connectivity index (χ4v) is 4.00. The first-order valence-corrected chi connectivity index (χ1v) is 10.3. The Labute approximate surface area is 177 Å². The molecule has 1 aliphatic rings. The maximum atomic E-state index is 13.0. The van der Waals surface area contributed by atoms with Gasteiger partial charge in [0, 0.05) is 22.5 Å². The fraction of sp³-hybridized carbons (Fsp3) is 0.190.